The van der Waals surface area contributed by atoms with Crippen LogP contribution >= 0.6 is 0 Å². The summed E-state index contributed by atoms with van der Waals surface area (Å²) in [7, 11) is 2.07. The predicted octanol–water partition coefficient (Wildman–Crippen LogP) is 3.16. The zero-order valence-electron chi connectivity index (χ0n) is 12.4. The Bertz CT molecular complexity index is 317. The van der Waals surface area contributed by atoms with Gasteiger partial charge in [0.1, 0.15) is 5.82 Å². The lowest BCUT2D eigenvalue weighted by Crippen LogP contribution is -2.30. The Labute approximate surface area is 112 Å². The molecular formula is C15H29N3. The van der Waals surface area contributed by atoms with E-state index < -0.39 is 0 Å². The Balaban J connectivity index is 2.37. The van der Waals surface area contributed by atoms with E-state index in [1.54, 1.807) is 0 Å². The van der Waals surface area contributed by atoms with Gasteiger partial charge < -0.3 is 9.88 Å². The molecule has 0 aliphatic heterocycles. The van der Waals surface area contributed by atoms with Crippen molar-refractivity contribution in [3.8, 4) is 0 Å². The third-order valence-electron chi connectivity index (χ3n) is 3.41. The van der Waals surface area contributed by atoms with E-state index in [0.717, 1.165) is 18.9 Å². The van der Waals surface area contributed by atoms with Crippen LogP contribution in [0.1, 0.15) is 52.3 Å². The SMILES string of the molecule is CCCNC(CCc1nccn1C)CCC(C)C. The highest BCUT2D eigenvalue weighted by molar-refractivity contribution is 4.92. The Morgan fingerprint density at radius 1 is 1.28 bits per heavy atom. The van der Waals surface area contributed by atoms with E-state index in [0.29, 0.717) is 6.04 Å². The molecule has 1 N–H and O–H groups in total. The smallest absolute Gasteiger partial charge is 0.108 e. The first kappa shape index (κ1) is 15.2. The molecule has 104 valence electrons. The molecule has 3 heteroatoms. The highest BCUT2D eigenvalue weighted by Gasteiger charge is 2.10. The maximum absolute atomic E-state index is 4.40. The van der Waals surface area contributed by atoms with Gasteiger partial charge in [0.15, 0.2) is 0 Å². The molecule has 1 rings (SSSR count). The fraction of sp³-hybridized carbons (Fsp3) is 0.800. The minimum absolute atomic E-state index is 0.643. The molecule has 1 aromatic rings. The summed E-state index contributed by atoms with van der Waals surface area (Å²) >= 11 is 0. The van der Waals surface area contributed by atoms with Crippen molar-refractivity contribution in [3.63, 3.8) is 0 Å². The number of nitrogens with one attached hydrogen (secondary N) is 1. The van der Waals surface area contributed by atoms with Gasteiger partial charge in [-0.25, -0.2) is 4.98 Å². The fourth-order valence-corrected chi connectivity index (χ4v) is 2.17. The van der Waals surface area contributed by atoms with Crippen molar-refractivity contribution < 1.29 is 0 Å². The van der Waals surface area contributed by atoms with Crippen LogP contribution in [-0.4, -0.2) is 22.1 Å². The van der Waals surface area contributed by atoms with Crippen LogP contribution < -0.4 is 5.32 Å². The zero-order chi connectivity index (χ0) is 13.4. The molecule has 1 unspecified atom stereocenters. The minimum atomic E-state index is 0.643. The van der Waals surface area contributed by atoms with Crippen LogP contribution in [0.5, 0.6) is 0 Å². The number of nitrogens with zero attached hydrogens (tertiary/aromatic N) is 2. The summed E-state index contributed by atoms with van der Waals surface area (Å²) in [4.78, 5) is 4.40. The van der Waals surface area contributed by atoms with Crippen LogP contribution in [0, 0.1) is 5.92 Å². The molecule has 0 saturated carbocycles. The molecule has 0 amide bonds. The minimum Gasteiger partial charge on any atom is -0.338 e. The van der Waals surface area contributed by atoms with Gasteiger partial charge in [0, 0.05) is 31.9 Å². The molecule has 18 heavy (non-hydrogen) atoms. The molecule has 0 aliphatic rings. The largest absolute Gasteiger partial charge is 0.338 e. The predicted molar refractivity (Wildman–Crippen MR) is 77.7 cm³/mol. The number of rotatable bonds is 9. The molecule has 0 fully saturated rings. The van der Waals surface area contributed by atoms with Crippen molar-refractivity contribution >= 4 is 0 Å². The molecule has 0 bridgehead atoms. The normalized spacial score (nSPS) is 13.2. The van der Waals surface area contributed by atoms with Gasteiger partial charge in [0.2, 0.25) is 0 Å². The van der Waals surface area contributed by atoms with Crippen LogP contribution in [0.2, 0.25) is 0 Å². The summed E-state index contributed by atoms with van der Waals surface area (Å²) in [6, 6.07) is 0.643. The van der Waals surface area contributed by atoms with E-state index in [1.807, 2.05) is 12.4 Å². The number of aryl methyl sites for hydroxylation is 2. The summed E-state index contributed by atoms with van der Waals surface area (Å²) in [6.07, 6.45) is 9.97. The Morgan fingerprint density at radius 3 is 2.61 bits per heavy atom. The standard InChI is InChI=1S/C15H29N3/c1-5-10-16-14(7-6-13(2)3)8-9-15-17-11-12-18(15)4/h11-14,16H,5-10H2,1-4H3. The van der Waals surface area contributed by atoms with Crippen molar-refractivity contribution in [2.24, 2.45) is 13.0 Å². The molecule has 0 saturated heterocycles. The lowest BCUT2D eigenvalue weighted by molar-refractivity contribution is 0.407. The average molecular weight is 251 g/mol. The molecule has 1 aromatic heterocycles. The molecule has 0 spiro atoms. The summed E-state index contributed by atoms with van der Waals surface area (Å²) in [5.41, 5.74) is 0. The Kier molecular flexibility index (Phi) is 7.02. The van der Waals surface area contributed by atoms with Gasteiger partial charge in [-0.1, -0.05) is 20.8 Å². The zero-order valence-corrected chi connectivity index (χ0v) is 12.4. The van der Waals surface area contributed by atoms with E-state index >= 15 is 0 Å². The highest BCUT2D eigenvalue weighted by atomic mass is 15.0. The summed E-state index contributed by atoms with van der Waals surface area (Å²) in [6.45, 7) is 7.96. The maximum atomic E-state index is 4.40. The second-order valence-electron chi connectivity index (χ2n) is 5.62. The first-order chi connectivity index (χ1) is 8.63. The van der Waals surface area contributed by atoms with E-state index in [-0.39, 0.29) is 0 Å². The Hall–Kier alpha value is -0.830. The van der Waals surface area contributed by atoms with Crippen LogP contribution in [0.3, 0.4) is 0 Å². The summed E-state index contributed by atoms with van der Waals surface area (Å²) < 4.78 is 2.12. The van der Waals surface area contributed by atoms with E-state index in [9.17, 15) is 0 Å². The summed E-state index contributed by atoms with van der Waals surface area (Å²) in [5.74, 6) is 1.99. The van der Waals surface area contributed by atoms with Crippen LogP contribution in [0.4, 0.5) is 0 Å². The van der Waals surface area contributed by atoms with Gasteiger partial charge in [-0.3, -0.25) is 0 Å². The molecule has 0 radical (unpaired) electrons. The van der Waals surface area contributed by atoms with E-state index in [4.69, 9.17) is 0 Å². The monoisotopic (exact) mass is 251 g/mol. The van der Waals surface area contributed by atoms with Crippen molar-refractivity contribution in [3.05, 3.63) is 18.2 Å². The average Bonchev–Trinajstić information content (AvgIpc) is 2.74. The second-order valence-corrected chi connectivity index (χ2v) is 5.62. The van der Waals surface area contributed by atoms with Crippen molar-refractivity contribution in [2.75, 3.05) is 6.54 Å². The summed E-state index contributed by atoms with van der Waals surface area (Å²) in [5, 5.41) is 3.67. The lowest BCUT2D eigenvalue weighted by Gasteiger charge is -2.19. The molecule has 1 atom stereocenters. The second kappa shape index (κ2) is 8.30. The molecule has 0 aromatic carbocycles. The van der Waals surface area contributed by atoms with E-state index in [1.165, 1.54) is 31.5 Å². The maximum Gasteiger partial charge on any atom is 0.108 e. The van der Waals surface area contributed by atoms with Gasteiger partial charge in [-0.15, -0.1) is 0 Å². The fourth-order valence-electron chi connectivity index (χ4n) is 2.17. The molecule has 3 nitrogen and oxygen atoms in total. The molecule has 1 heterocycles. The van der Waals surface area contributed by atoms with Crippen molar-refractivity contribution in [1.82, 2.24) is 14.9 Å². The van der Waals surface area contributed by atoms with Crippen molar-refractivity contribution in [2.45, 2.75) is 58.9 Å². The van der Waals surface area contributed by atoms with Crippen LogP contribution in [0.25, 0.3) is 0 Å². The van der Waals surface area contributed by atoms with E-state index in [2.05, 4.69) is 42.7 Å². The lowest BCUT2D eigenvalue weighted by atomic mass is 10.00. The first-order valence-corrected chi connectivity index (χ1v) is 7.33. The number of hydrogen-bond donors (Lipinski definition) is 1. The van der Waals surface area contributed by atoms with Crippen molar-refractivity contribution in [1.29, 1.82) is 0 Å². The van der Waals surface area contributed by atoms with Gasteiger partial charge in [-0.05, 0) is 38.1 Å². The third-order valence-corrected chi connectivity index (χ3v) is 3.41. The quantitative estimate of drug-likeness (QED) is 0.730. The van der Waals surface area contributed by atoms with Gasteiger partial charge in [0.05, 0.1) is 0 Å². The van der Waals surface area contributed by atoms with Gasteiger partial charge in [0.25, 0.3) is 0 Å². The van der Waals surface area contributed by atoms with Gasteiger partial charge >= 0.3 is 0 Å². The molecular weight excluding hydrogens is 222 g/mol. The number of hydrogen-bond acceptors (Lipinski definition) is 2. The Morgan fingerprint density at radius 2 is 2.06 bits per heavy atom. The first-order valence-electron chi connectivity index (χ1n) is 7.33. The highest BCUT2D eigenvalue weighted by Crippen LogP contribution is 2.11. The number of imidazole rings is 1. The van der Waals surface area contributed by atoms with Crippen LogP contribution in [0.15, 0.2) is 12.4 Å². The number of aromatic nitrogens is 2. The molecule has 0 aliphatic carbocycles. The topological polar surface area (TPSA) is 29.9 Å². The third kappa shape index (κ3) is 5.67. The van der Waals surface area contributed by atoms with Gasteiger partial charge in [-0.2, -0.15) is 0 Å². The van der Waals surface area contributed by atoms with Crippen LogP contribution in [-0.2, 0) is 13.5 Å².